The quantitative estimate of drug-likeness (QED) is 0.579. The van der Waals surface area contributed by atoms with Gasteiger partial charge in [-0.3, -0.25) is 5.41 Å². The molecule has 2 rings (SSSR count). The van der Waals surface area contributed by atoms with Gasteiger partial charge >= 0.3 is 0 Å². The topological polar surface area (TPSA) is 59.1 Å². The van der Waals surface area contributed by atoms with Crippen molar-refractivity contribution in [1.29, 1.82) is 5.41 Å². The van der Waals surface area contributed by atoms with Gasteiger partial charge < -0.3 is 10.5 Å². The number of nitrogen functional groups attached to an aromatic ring is 1. The van der Waals surface area contributed by atoms with Crippen molar-refractivity contribution in [2.45, 2.75) is 26.2 Å². The fourth-order valence-electron chi connectivity index (χ4n) is 1.98. The maximum atomic E-state index is 7.42. The van der Waals surface area contributed by atoms with Gasteiger partial charge in [-0.15, -0.1) is 0 Å². The van der Waals surface area contributed by atoms with Crippen LogP contribution in [0.4, 0.5) is 0 Å². The molecule has 2 aromatic carbocycles. The number of aryl methyl sites for hydroxylation is 1. The molecule has 0 heterocycles. The van der Waals surface area contributed by atoms with Crippen molar-refractivity contribution in [1.82, 2.24) is 0 Å². The van der Waals surface area contributed by atoms with E-state index in [1.807, 2.05) is 18.2 Å². The molecule has 0 spiro atoms. The minimum Gasteiger partial charge on any atom is -0.456 e. The number of ether oxygens (including phenoxy) is 1. The highest BCUT2D eigenvalue weighted by molar-refractivity contribution is 9.10. The van der Waals surface area contributed by atoms with Crippen LogP contribution in [0.5, 0.6) is 11.5 Å². The Kier molecular flexibility index (Phi) is 5.39. The fraction of sp³-hybridized carbons (Fsp3) is 0.235. The van der Waals surface area contributed by atoms with Crippen LogP contribution in [0.15, 0.2) is 46.9 Å². The maximum absolute atomic E-state index is 7.42. The van der Waals surface area contributed by atoms with Gasteiger partial charge in [0.05, 0.1) is 4.47 Å². The zero-order valence-corrected chi connectivity index (χ0v) is 13.6. The molecule has 0 atom stereocenters. The largest absolute Gasteiger partial charge is 0.456 e. The third-order valence-electron chi connectivity index (χ3n) is 3.21. The van der Waals surface area contributed by atoms with Gasteiger partial charge in [0.2, 0.25) is 0 Å². The highest BCUT2D eigenvalue weighted by Gasteiger charge is 2.06. The van der Waals surface area contributed by atoms with Crippen molar-refractivity contribution in [3.8, 4) is 11.5 Å². The molecular weight excluding hydrogens is 328 g/mol. The highest BCUT2D eigenvalue weighted by atomic mass is 79.9. The Labute approximate surface area is 133 Å². The average Bonchev–Trinajstić information content (AvgIpc) is 2.48. The van der Waals surface area contributed by atoms with Crippen LogP contribution in [-0.4, -0.2) is 5.84 Å². The number of amidine groups is 1. The molecule has 2 aromatic rings. The van der Waals surface area contributed by atoms with E-state index in [1.165, 1.54) is 18.4 Å². The number of unbranched alkanes of at least 4 members (excludes halogenated alkanes) is 1. The molecule has 0 aliphatic heterocycles. The standard InChI is InChI=1S/C17H19BrN2O/c1-2-3-4-12-5-8-14(9-6-12)21-16-10-7-13(17(19)20)11-15(16)18/h5-11H,2-4H2,1H3,(H3,19,20). The predicted octanol–water partition coefficient (Wildman–Crippen LogP) is 4.87. The van der Waals surface area contributed by atoms with Crippen LogP contribution >= 0.6 is 15.9 Å². The maximum Gasteiger partial charge on any atom is 0.141 e. The summed E-state index contributed by atoms with van der Waals surface area (Å²) >= 11 is 3.44. The van der Waals surface area contributed by atoms with Crippen molar-refractivity contribution in [3.63, 3.8) is 0 Å². The SMILES string of the molecule is CCCCc1ccc(Oc2ccc(C(=N)N)cc2Br)cc1. The number of hydrogen-bond acceptors (Lipinski definition) is 2. The molecule has 0 saturated carbocycles. The van der Waals surface area contributed by atoms with Gasteiger partial charge in [-0.1, -0.05) is 25.5 Å². The van der Waals surface area contributed by atoms with E-state index in [9.17, 15) is 0 Å². The van der Waals surface area contributed by atoms with Crippen LogP contribution in [0.1, 0.15) is 30.9 Å². The van der Waals surface area contributed by atoms with E-state index in [1.54, 1.807) is 12.1 Å². The van der Waals surface area contributed by atoms with Crippen LogP contribution < -0.4 is 10.5 Å². The van der Waals surface area contributed by atoms with Crippen LogP contribution in [-0.2, 0) is 6.42 Å². The number of halogens is 1. The molecule has 0 bridgehead atoms. The van der Waals surface area contributed by atoms with Crippen LogP contribution in [0.2, 0.25) is 0 Å². The Morgan fingerprint density at radius 2 is 1.90 bits per heavy atom. The third kappa shape index (κ3) is 4.33. The van der Waals surface area contributed by atoms with Crippen molar-refractivity contribution >= 4 is 21.8 Å². The Morgan fingerprint density at radius 3 is 2.48 bits per heavy atom. The molecule has 0 aromatic heterocycles. The van der Waals surface area contributed by atoms with Crippen molar-refractivity contribution < 1.29 is 4.74 Å². The van der Waals surface area contributed by atoms with Crippen molar-refractivity contribution in [2.75, 3.05) is 0 Å². The van der Waals surface area contributed by atoms with E-state index in [2.05, 4.69) is 35.0 Å². The normalized spacial score (nSPS) is 10.4. The van der Waals surface area contributed by atoms with Crippen molar-refractivity contribution in [3.05, 3.63) is 58.1 Å². The Morgan fingerprint density at radius 1 is 1.19 bits per heavy atom. The lowest BCUT2D eigenvalue weighted by atomic mass is 10.1. The minimum absolute atomic E-state index is 0.0440. The number of benzene rings is 2. The summed E-state index contributed by atoms with van der Waals surface area (Å²) in [5.41, 5.74) is 7.46. The first kappa shape index (κ1) is 15.6. The molecule has 4 heteroatoms. The van der Waals surface area contributed by atoms with E-state index < -0.39 is 0 Å². The van der Waals surface area contributed by atoms with E-state index >= 15 is 0 Å². The van der Waals surface area contributed by atoms with Gasteiger partial charge in [0.25, 0.3) is 0 Å². The van der Waals surface area contributed by atoms with E-state index in [0.29, 0.717) is 11.3 Å². The lowest BCUT2D eigenvalue weighted by Gasteiger charge is -2.09. The summed E-state index contributed by atoms with van der Waals surface area (Å²) in [7, 11) is 0. The van der Waals surface area contributed by atoms with Gasteiger partial charge in [0.15, 0.2) is 0 Å². The lowest BCUT2D eigenvalue weighted by molar-refractivity contribution is 0.479. The predicted molar refractivity (Wildman–Crippen MR) is 90.3 cm³/mol. The summed E-state index contributed by atoms with van der Waals surface area (Å²) < 4.78 is 6.63. The monoisotopic (exact) mass is 346 g/mol. The average molecular weight is 347 g/mol. The molecule has 0 aliphatic carbocycles. The van der Waals surface area contributed by atoms with Gasteiger partial charge in [-0.05, 0) is 64.7 Å². The first-order valence-electron chi connectivity index (χ1n) is 7.01. The summed E-state index contributed by atoms with van der Waals surface area (Å²) in [5.74, 6) is 1.55. The molecule has 3 N–H and O–H groups in total. The smallest absolute Gasteiger partial charge is 0.141 e. The summed E-state index contributed by atoms with van der Waals surface area (Å²) in [6.45, 7) is 2.19. The molecular formula is C17H19BrN2O. The number of nitrogens with one attached hydrogen (secondary N) is 1. The summed E-state index contributed by atoms with van der Waals surface area (Å²) in [5, 5.41) is 7.42. The second-order valence-electron chi connectivity index (χ2n) is 4.91. The molecule has 21 heavy (non-hydrogen) atoms. The van der Waals surface area contributed by atoms with Crippen LogP contribution in [0, 0.1) is 5.41 Å². The van der Waals surface area contributed by atoms with Gasteiger partial charge in [-0.25, -0.2) is 0 Å². The first-order valence-corrected chi connectivity index (χ1v) is 7.80. The molecule has 0 radical (unpaired) electrons. The molecule has 0 unspecified atom stereocenters. The van der Waals surface area contributed by atoms with E-state index in [0.717, 1.165) is 16.6 Å². The first-order chi connectivity index (χ1) is 10.1. The highest BCUT2D eigenvalue weighted by Crippen LogP contribution is 2.30. The summed E-state index contributed by atoms with van der Waals surface area (Å²) in [4.78, 5) is 0. The Hall–Kier alpha value is -1.81. The second-order valence-corrected chi connectivity index (χ2v) is 5.76. The molecule has 3 nitrogen and oxygen atoms in total. The zero-order chi connectivity index (χ0) is 15.2. The van der Waals surface area contributed by atoms with Crippen LogP contribution in [0.25, 0.3) is 0 Å². The van der Waals surface area contributed by atoms with Gasteiger partial charge in [-0.2, -0.15) is 0 Å². The van der Waals surface area contributed by atoms with Gasteiger partial charge in [0.1, 0.15) is 17.3 Å². The number of rotatable bonds is 6. The van der Waals surface area contributed by atoms with Crippen molar-refractivity contribution in [2.24, 2.45) is 5.73 Å². The molecule has 110 valence electrons. The van der Waals surface area contributed by atoms with Gasteiger partial charge in [0, 0.05) is 5.56 Å². The molecule has 0 saturated heterocycles. The number of nitrogens with two attached hydrogens (primary N) is 1. The molecule has 0 fully saturated rings. The molecule has 0 aliphatic rings. The van der Waals surface area contributed by atoms with Crippen LogP contribution in [0.3, 0.4) is 0 Å². The second kappa shape index (κ2) is 7.27. The fourth-order valence-corrected chi connectivity index (χ4v) is 2.44. The summed E-state index contributed by atoms with van der Waals surface area (Å²) in [6, 6.07) is 13.5. The van der Waals surface area contributed by atoms with E-state index in [4.69, 9.17) is 15.9 Å². The third-order valence-corrected chi connectivity index (χ3v) is 3.83. The minimum atomic E-state index is 0.0440. The lowest BCUT2D eigenvalue weighted by Crippen LogP contribution is -2.10. The Balaban J connectivity index is 2.09. The Bertz CT molecular complexity index is 623. The zero-order valence-electron chi connectivity index (χ0n) is 12.0. The number of hydrogen-bond donors (Lipinski definition) is 2. The van der Waals surface area contributed by atoms with E-state index in [-0.39, 0.29) is 5.84 Å². The summed E-state index contributed by atoms with van der Waals surface area (Å²) in [6.07, 6.45) is 3.51. The molecule has 0 amide bonds.